The van der Waals surface area contributed by atoms with E-state index in [1.165, 1.54) is 0 Å². The van der Waals surface area contributed by atoms with E-state index in [1.807, 2.05) is 37.0 Å². The fraction of sp³-hybridized carbons (Fsp3) is 0.400. The monoisotopic (exact) mass is 272 g/mol. The largest absolute Gasteiger partial charge is 0.353 e. The van der Waals surface area contributed by atoms with Gasteiger partial charge in [0.15, 0.2) is 0 Å². The number of aryl methyl sites for hydroxylation is 1. The molecule has 0 aliphatic carbocycles. The van der Waals surface area contributed by atoms with Crippen LogP contribution < -0.4 is 4.90 Å². The summed E-state index contributed by atoms with van der Waals surface area (Å²) in [6.45, 7) is 6.94. The summed E-state index contributed by atoms with van der Waals surface area (Å²) >= 11 is 0. The molecule has 0 saturated carbocycles. The Morgan fingerprint density at radius 2 is 1.95 bits per heavy atom. The van der Waals surface area contributed by atoms with Gasteiger partial charge in [-0.05, 0) is 13.8 Å². The Morgan fingerprint density at radius 1 is 1.20 bits per heavy atom. The second kappa shape index (κ2) is 6.84. The summed E-state index contributed by atoms with van der Waals surface area (Å²) in [6, 6.07) is 1.98. The Hall–Kier alpha value is -2.17. The van der Waals surface area contributed by atoms with Gasteiger partial charge in [-0.15, -0.1) is 0 Å². The number of anilines is 1. The van der Waals surface area contributed by atoms with Gasteiger partial charge in [-0.1, -0.05) is 18.2 Å². The van der Waals surface area contributed by atoms with Gasteiger partial charge in [0.2, 0.25) is 5.91 Å². The highest BCUT2D eigenvalue weighted by Gasteiger charge is 2.20. The van der Waals surface area contributed by atoms with Crippen LogP contribution >= 0.6 is 0 Å². The molecule has 0 atom stereocenters. The second-order valence-corrected chi connectivity index (χ2v) is 4.71. The first-order valence-corrected chi connectivity index (χ1v) is 6.82. The molecular formula is C15H20N4O. The van der Waals surface area contributed by atoms with Crippen molar-refractivity contribution in [3.8, 4) is 0 Å². The number of rotatable bonds is 3. The first-order chi connectivity index (χ1) is 9.70. The van der Waals surface area contributed by atoms with Gasteiger partial charge in [-0.3, -0.25) is 4.79 Å². The van der Waals surface area contributed by atoms with Crippen LogP contribution in [-0.4, -0.2) is 47.0 Å². The Bertz CT molecular complexity index is 516. The van der Waals surface area contributed by atoms with E-state index in [0.717, 1.165) is 37.7 Å². The van der Waals surface area contributed by atoms with Gasteiger partial charge < -0.3 is 9.80 Å². The summed E-state index contributed by atoms with van der Waals surface area (Å²) in [5, 5.41) is 0. The van der Waals surface area contributed by atoms with E-state index < -0.39 is 0 Å². The van der Waals surface area contributed by atoms with E-state index in [2.05, 4.69) is 14.9 Å². The van der Waals surface area contributed by atoms with Crippen molar-refractivity contribution in [1.29, 1.82) is 0 Å². The Kier molecular flexibility index (Phi) is 4.87. The maximum atomic E-state index is 11.9. The Labute approximate surface area is 119 Å². The molecule has 0 radical (unpaired) electrons. The molecule has 0 N–H and O–H groups in total. The average molecular weight is 272 g/mol. The molecule has 1 aliphatic heterocycles. The zero-order valence-corrected chi connectivity index (χ0v) is 12.0. The van der Waals surface area contributed by atoms with E-state index >= 15 is 0 Å². The Balaban J connectivity index is 1.91. The number of amides is 1. The smallest absolute Gasteiger partial charge is 0.246 e. The van der Waals surface area contributed by atoms with Crippen LogP contribution in [0.4, 0.5) is 5.82 Å². The first kappa shape index (κ1) is 14.2. The number of carbonyl (C=O) groups excluding carboxylic acids is 1. The summed E-state index contributed by atoms with van der Waals surface area (Å²) in [4.78, 5) is 24.4. The quantitative estimate of drug-likeness (QED) is 0.619. The number of aromatic nitrogens is 2. The molecule has 5 nitrogen and oxygen atoms in total. The number of carbonyl (C=O) groups is 1. The lowest BCUT2D eigenvalue weighted by Gasteiger charge is -2.34. The summed E-state index contributed by atoms with van der Waals surface area (Å²) in [5.41, 5.74) is 0.961. The van der Waals surface area contributed by atoms with Crippen molar-refractivity contribution < 1.29 is 4.79 Å². The predicted octanol–water partition coefficient (Wildman–Crippen LogP) is 1.57. The van der Waals surface area contributed by atoms with Gasteiger partial charge >= 0.3 is 0 Å². The zero-order valence-electron chi connectivity index (χ0n) is 12.0. The summed E-state index contributed by atoms with van der Waals surface area (Å²) in [6.07, 6.45) is 8.74. The normalized spacial score (nSPS) is 16.3. The van der Waals surface area contributed by atoms with E-state index in [0.29, 0.717) is 0 Å². The third-order valence-corrected chi connectivity index (χ3v) is 3.25. The lowest BCUT2D eigenvalue weighted by atomic mass is 10.3. The number of allylic oxidation sites excluding steroid dienone is 3. The third kappa shape index (κ3) is 3.66. The lowest BCUT2D eigenvalue weighted by molar-refractivity contribution is -0.126. The average Bonchev–Trinajstić information content (AvgIpc) is 2.47. The summed E-state index contributed by atoms with van der Waals surface area (Å²) in [7, 11) is 0. The molecule has 1 aromatic heterocycles. The van der Waals surface area contributed by atoms with E-state index in [9.17, 15) is 4.79 Å². The van der Waals surface area contributed by atoms with Crippen molar-refractivity contribution in [3.63, 3.8) is 0 Å². The molecule has 0 bridgehead atoms. The van der Waals surface area contributed by atoms with Crippen molar-refractivity contribution in [2.24, 2.45) is 0 Å². The summed E-state index contributed by atoms with van der Waals surface area (Å²) < 4.78 is 0. The second-order valence-electron chi connectivity index (χ2n) is 4.71. The fourth-order valence-electron chi connectivity index (χ4n) is 2.12. The molecule has 1 saturated heterocycles. The highest BCUT2D eigenvalue weighted by atomic mass is 16.2. The van der Waals surface area contributed by atoms with Crippen molar-refractivity contribution in [2.45, 2.75) is 13.8 Å². The number of hydrogen-bond donors (Lipinski definition) is 0. The van der Waals surface area contributed by atoms with Crippen LogP contribution in [0.2, 0.25) is 0 Å². The number of nitrogens with zero attached hydrogens (tertiary/aromatic N) is 4. The third-order valence-electron chi connectivity index (χ3n) is 3.25. The van der Waals surface area contributed by atoms with E-state index in [-0.39, 0.29) is 5.91 Å². The van der Waals surface area contributed by atoms with Gasteiger partial charge in [0, 0.05) is 44.0 Å². The van der Waals surface area contributed by atoms with Crippen LogP contribution in [0, 0.1) is 6.92 Å². The molecule has 1 fully saturated rings. The van der Waals surface area contributed by atoms with E-state index in [1.54, 1.807) is 18.5 Å². The highest BCUT2D eigenvalue weighted by molar-refractivity contribution is 5.88. The number of hydrogen-bond acceptors (Lipinski definition) is 4. The van der Waals surface area contributed by atoms with Crippen LogP contribution in [0.15, 0.2) is 36.7 Å². The maximum Gasteiger partial charge on any atom is 0.246 e. The maximum absolute atomic E-state index is 11.9. The zero-order chi connectivity index (χ0) is 14.4. The first-order valence-electron chi connectivity index (χ1n) is 6.82. The van der Waals surface area contributed by atoms with Gasteiger partial charge in [0.05, 0.1) is 0 Å². The van der Waals surface area contributed by atoms with Crippen molar-refractivity contribution in [2.75, 3.05) is 31.1 Å². The standard InChI is InChI=1S/C15H20N4O/c1-3-4-5-6-15(20)19-9-7-18(8-10-19)14-11-13(2)16-12-17-14/h3-6,11-12H,7-10H2,1-2H3/b4-3+,6-5+. The molecule has 2 heterocycles. The molecular weight excluding hydrogens is 252 g/mol. The van der Waals surface area contributed by atoms with E-state index in [4.69, 9.17) is 0 Å². The predicted molar refractivity (Wildman–Crippen MR) is 79.5 cm³/mol. The minimum absolute atomic E-state index is 0.0709. The van der Waals surface area contributed by atoms with Gasteiger partial charge in [0.25, 0.3) is 0 Å². The molecule has 0 unspecified atom stereocenters. The van der Waals surface area contributed by atoms with Crippen molar-refractivity contribution >= 4 is 11.7 Å². The van der Waals surface area contributed by atoms with Crippen LogP contribution in [0.1, 0.15) is 12.6 Å². The minimum Gasteiger partial charge on any atom is -0.353 e. The molecule has 2 rings (SSSR count). The van der Waals surface area contributed by atoms with Gasteiger partial charge in [-0.2, -0.15) is 0 Å². The molecule has 1 aromatic rings. The van der Waals surface area contributed by atoms with Crippen LogP contribution in [-0.2, 0) is 4.79 Å². The minimum atomic E-state index is 0.0709. The van der Waals surface area contributed by atoms with Crippen LogP contribution in [0.25, 0.3) is 0 Å². The molecule has 106 valence electrons. The van der Waals surface area contributed by atoms with Crippen LogP contribution in [0.3, 0.4) is 0 Å². The fourth-order valence-corrected chi connectivity index (χ4v) is 2.12. The Morgan fingerprint density at radius 3 is 2.60 bits per heavy atom. The molecule has 0 aromatic carbocycles. The molecule has 5 heteroatoms. The topological polar surface area (TPSA) is 49.3 Å². The molecule has 1 amide bonds. The SMILES string of the molecule is C/C=C/C=C/C(=O)N1CCN(c2cc(C)ncn2)CC1. The van der Waals surface area contributed by atoms with Crippen LogP contribution in [0.5, 0.6) is 0 Å². The van der Waals surface area contributed by atoms with Crippen molar-refractivity contribution in [3.05, 3.63) is 42.4 Å². The summed E-state index contributed by atoms with van der Waals surface area (Å²) in [5.74, 6) is 1.01. The molecule has 20 heavy (non-hydrogen) atoms. The number of piperazine rings is 1. The van der Waals surface area contributed by atoms with Gasteiger partial charge in [-0.25, -0.2) is 9.97 Å². The molecule has 1 aliphatic rings. The lowest BCUT2D eigenvalue weighted by Crippen LogP contribution is -2.48. The van der Waals surface area contributed by atoms with Crippen molar-refractivity contribution in [1.82, 2.24) is 14.9 Å². The van der Waals surface area contributed by atoms with Gasteiger partial charge in [0.1, 0.15) is 12.1 Å². The molecule has 0 spiro atoms. The highest BCUT2D eigenvalue weighted by Crippen LogP contribution is 2.13.